The van der Waals surface area contributed by atoms with E-state index in [0.29, 0.717) is 23.5 Å². The number of nitrogens with one attached hydrogen (secondary N) is 1. The number of ketones is 1. The summed E-state index contributed by atoms with van der Waals surface area (Å²) in [7, 11) is 0. The van der Waals surface area contributed by atoms with Gasteiger partial charge in [0.1, 0.15) is 0 Å². The molecule has 0 amide bonds. The molecule has 1 aliphatic carbocycles. The van der Waals surface area contributed by atoms with Gasteiger partial charge < -0.3 is 15.0 Å². The summed E-state index contributed by atoms with van der Waals surface area (Å²) in [4.78, 5) is 14.7. The second kappa shape index (κ2) is 8.26. The van der Waals surface area contributed by atoms with E-state index in [2.05, 4.69) is 55.3 Å². The molecule has 4 nitrogen and oxygen atoms in total. The molecule has 0 aromatic heterocycles. The predicted octanol–water partition coefficient (Wildman–Crippen LogP) is 4.62. The number of ether oxygens (including phenoxy) is 1. The molecular weight excluding hydrogens is 324 g/mol. The number of hydrogen-bond donors (Lipinski definition) is 1. The van der Waals surface area contributed by atoms with E-state index in [1.807, 2.05) is 6.20 Å². The number of nitrogens with zero attached hydrogens (tertiary/aromatic N) is 1. The lowest BCUT2D eigenvalue weighted by Crippen LogP contribution is -2.36. The van der Waals surface area contributed by atoms with Gasteiger partial charge in [0.05, 0.1) is 13.2 Å². The molecule has 1 aromatic rings. The molecule has 1 aliphatic heterocycles. The van der Waals surface area contributed by atoms with Crippen molar-refractivity contribution in [3.05, 3.63) is 36.0 Å². The van der Waals surface area contributed by atoms with Gasteiger partial charge in [0.15, 0.2) is 5.78 Å². The van der Waals surface area contributed by atoms with Gasteiger partial charge in [0, 0.05) is 42.7 Å². The zero-order chi connectivity index (χ0) is 18.6. The summed E-state index contributed by atoms with van der Waals surface area (Å²) in [6.45, 7) is 10.4. The minimum Gasteiger partial charge on any atom is -0.378 e. The lowest BCUT2D eigenvalue weighted by Gasteiger charge is -2.36. The third-order valence-electron chi connectivity index (χ3n) is 6.22. The normalized spacial score (nSPS) is 23.3. The molecule has 0 unspecified atom stereocenters. The van der Waals surface area contributed by atoms with Crippen LogP contribution in [-0.4, -0.2) is 32.1 Å². The van der Waals surface area contributed by atoms with Crippen LogP contribution in [0.2, 0.25) is 0 Å². The Labute approximate surface area is 157 Å². The van der Waals surface area contributed by atoms with Crippen LogP contribution in [0.5, 0.6) is 0 Å². The van der Waals surface area contributed by atoms with Gasteiger partial charge >= 0.3 is 0 Å². The Balaban J connectivity index is 1.63. The van der Waals surface area contributed by atoms with Gasteiger partial charge in [0.2, 0.25) is 0 Å². The van der Waals surface area contributed by atoms with Gasteiger partial charge in [-0.05, 0) is 48.4 Å². The first-order chi connectivity index (χ1) is 12.5. The van der Waals surface area contributed by atoms with E-state index in [-0.39, 0.29) is 0 Å². The van der Waals surface area contributed by atoms with Crippen LogP contribution in [0, 0.1) is 11.3 Å². The summed E-state index contributed by atoms with van der Waals surface area (Å²) in [6, 6.07) is 8.45. The first-order valence-electron chi connectivity index (χ1n) is 9.91. The number of benzene rings is 1. The summed E-state index contributed by atoms with van der Waals surface area (Å²) in [5.74, 6) is 0.882. The van der Waals surface area contributed by atoms with Crippen LogP contribution in [0.15, 0.2) is 36.0 Å². The standard InChI is InChI=1S/C22H32N2O2/c1-4-22(2,3)18-5-10-21(25)17(15-18)16-23-19-6-8-20(9-7-19)24-11-13-26-14-12-24/h6-9,16,18,23H,4-5,10-15H2,1-3H3/b17-16+/t18-/m1/s1. The average Bonchev–Trinajstić information content (AvgIpc) is 2.68. The monoisotopic (exact) mass is 356 g/mol. The van der Waals surface area contributed by atoms with Crippen molar-refractivity contribution in [3.63, 3.8) is 0 Å². The Hall–Kier alpha value is -1.81. The molecule has 1 saturated carbocycles. The minimum atomic E-state index is 0.291. The molecule has 0 spiro atoms. The first kappa shape index (κ1) is 19.0. The topological polar surface area (TPSA) is 41.6 Å². The maximum atomic E-state index is 12.3. The molecule has 26 heavy (non-hydrogen) atoms. The number of morpholine rings is 1. The third-order valence-corrected chi connectivity index (χ3v) is 6.22. The zero-order valence-electron chi connectivity index (χ0n) is 16.4. The Bertz CT molecular complexity index is 643. The first-order valence-corrected chi connectivity index (χ1v) is 9.91. The van der Waals surface area contributed by atoms with Crippen LogP contribution in [0.3, 0.4) is 0 Å². The fraction of sp³-hybridized carbons (Fsp3) is 0.591. The molecule has 1 atom stereocenters. The number of anilines is 2. The van der Waals surface area contributed by atoms with Gasteiger partial charge in [-0.3, -0.25) is 4.79 Å². The van der Waals surface area contributed by atoms with Crippen LogP contribution in [-0.2, 0) is 9.53 Å². The summed E-state index contributed by atoms with van der Waals surface area (Å²) < 4.78 is 5.41. The highest BCUT2D eigenvalue weighted by molar-refractivity contribution is 5.96. The van der Waals surface area contributed by atoms with Crippen LogP contribution in [0.1, 0.15) is 46.5 Å². The fourth-order valence-electron chi connectivity index (χ4n) is 3.80. The Morgan fingerprint density at radius 2 is 1.92 bits per heavy atom. The van der Waals surface area contributed by atoms with Gasteiger partial charge in [0.25, 0.3) is 0 Å². The van der Waals surface area contributed by atoms with Crippen LogP contribution in [0.25, 0.3) is 0 Å². The molecule has 2 fully saturated rings. The van der Waals surface area contributed by atoms with E-state index >= 15 is 0 Å². The van der Waals surface area contributed by atoms with E-state index in [9.17, 15) is 4.79 Å². The molecular formula is C22H32N2O2. The number of hydrogen-bond acceptors (Lipinski definition) is 4. The fourth-order valence-corrected chi connectivity index (χ4v) is 3.80. The van der Waals surface area contributed by atoms with Crippen molar-refractivity contribution < 1.29 is 9.53 Å². The van der Waals surface area contributed by atoms with E-state index in [0.717, 1.165) is 56.8 Å². The van der Waals surface area contributed by atoms with Crippen molar-refractivity contribution in [1.82, 2.24) is 0 Å². The maximum absolute atomic E-state index is 12.3. The molecule has 1 aromatic carbocycles. The van der Waals surface area contributed by atoms with Crippen LogP contribution >= 0.6 is 0 Å². The van der Waals surface area contributed by atoms with Crippen LogP contribution < -0.4 is 10.2 Å². The van der Waals surface area contributed by atoms with Crippen molar-refractivity contribution in [1.29, 1.82) is 0 Å². The number of Topliss-reactive ketones (excluding diaryl/α,β-unsaturated/α-hetero) is 1. The average molecular weight is 357 g/mol. The van der Waals surface area contributed by atoms with Crippen molar-refractivity contribution in [3.8, 4) is 0 Å². The summed E-state index contributed by atoms with van der Waals surface area (Å²) in [5.41, 5.74) is 3.49. The molecule has 1 N–H and O–H groups in total. The second-order valence-corrected chi connectivity index (χ2v) is 8.17. The van der Waals surface area contributed by atoms with Gasteiger partial charge in [-0.25, -0.2) is 0 Å². The lowest BCUT2D eigenvalue weighted by molar-refractivity contribution is -0.117. The van der Waals surface area contributed by atoms with Crippen LogP contribution in [0.4, 0.5) is 11.4 Å². The zero-order valence-corrected chi connectivity index (χ0v) is 16.4. The highest BCUT2D eigenvalue weighted by Gasteiger charge is 2.33. The molecule has 0 bridgehead atoms. The Morgan fingerprint density at radius 1 is 1.23 bits per heavy atom. The highest BCUT2D eigenvalue weighted by Crippen LogP contribution is 2.41. The van der Waals surface area contributed by atoms with Gasteiger partial charge in [-0.15, -0.1) is 0 Å². The minimum absolute atomic E-state index is 0.291. The predicted molar refractivity (Wildman–Crippen MR) is 108 cm³/mol. The molecule has 4 heteroatoms. The quantitative estimate of drug-likeness (QED) is 0.782. The third kappa shape index (κ3) is 4.47. The number of carbonyl (C=O) groups is 1. The summed E-state index contributed by atoms with van der Waals surface area (Å²) in [5, 5.41) is 3.34. The number of rotatable bonds is 5. The lowest BCUT2D eigenvalue weighted by atomic mass is 9.68. The van der Waals surface area contributed by atoms with Crippen molar-refractivity contribution in [2.45, 2.75) is 46.5 Å². The van der Waals surface area contributed by atoms with Crippen molar-refractivity contribution >= 4 is 17.2 Å². The largest absolute Gasteiger partial charge is 0.378 e. The van der Waals surface area contributed by atoms with Crippen molar-refractivity contribution in [2.75, 3.05) is 36.5 Å². The molecule has 3 rings (SSSR count). The Kier molecular flexibility index (Phi) is 6.02. The van der Waals surface area contributed by atoms with E-state index < -0.39 is 0 Å². The van der Waals surface area contributed by atoms with Crippen molar-refractivity contribution in [2.24, 2.45) is 11.3 Å². The molecule has 0 radical (unpaired) electrons. The smallest absolute Gasteiger partial charge is 0.160 e. The van der Waals surface area contributed by atoms with E-state index in [1.165, 1.54) is 5.69 Å². The Morgan fingerprint density at radius 3 is 2.58 bits per heavy atom. The number of allylic oxidation sites excluding steroid dienone is 1. The van der Waals surface area contributed by atoms with E-state index in [1.54, 1.807) is 0 Å². The van der Waals surface area contributed by atoms with E-state index in [4.69, 9.17) is 4.74 Å². The summed E-state index contributed by atoms with van der Waals surface area (Å²) >= 11 is 0. The molecule has 1 heterocycles. The molecule has 2 aliphatic rings. The SMILES string of the molecule is CCC(C)(C)[C@@H]1CCC(=O)/C(=C/Nc2ccc(N3CCOCC3)cc2)C1. The molecule has 1 saturated heterocycles. The highest BCUT2D eigenvalue weighted by atomic mass is 16.5. The molecule has 142 valence electrons. The second-order valence-electron chi connectivity index (χ2n) is 8.17. The summed E-state index contributed by atoms with van der Waals surface area (Å²) in [6.07, 6.45) is 5.67. The number of carbonyl (C=O) groups excluding carboxylic acids is 1. The maximum Gasteiger partial charge on any atom is 0.160 e. The van der Waals surface area contributed by atoms with Gasteiger partial charge in [-0.2, -0.15) is 0 Å². The van der Waals surface area contributed by atoms with Gasteiger partial charge in [-0.1, -0.05) is 27.2 Å².